The van der Waals surface area contributed by atoms with Gasteiger partial charge >= 0.3 is 5.97 Å². The number of carboxylic acid groups (broad SMARTS) is 1. The Hall–Kier alpha value is -1.71. The minimum atomic E-state index is -0.985. The van der Waals surface area contributed by atoms with Gasteiger partial charge in [0.05, 0.1) is 0 Å². The van der Waals surface area contributed by atoms with Crippen molar-refractivity contribution in [2.24, 2.45) is 0 Å². The molecule has 0 heterocycles. The zero-order valence-corrected chi connectivity index (χ0v) is 7.37. The Morgan fingerprint density at radius 1 is 1.50 bits per heavy atom. The van der Waals surface area contributed by atoms with Gasteiger partial charge in [0.2, 0.25) is 0 Å². The third kappa shape index (κ3) is 2.65. The van der Waals surface area contributed by atoms with Gasteiger partial charge in [-0.15, -0.1) is 0 Å². The zero-order valence-electron chi connectivity index (χ0n) is 7.37. The molecule has 0 bridgehead atoms. The summed E-state index contributed by atoms with van der Waals surface area (Å²) in [7, 11) is 0. The number of hydrogen-bond donors (Lipinski definition) is 1. The van der Waals surface area contributed by atoms with E-state index in [-0.39, 0.29) is 18.4 Å². The Bertz CT molecular complexity index is 360. The lowest BCUT2D eigenvalue weighted by Crippen LogP contribution is -2.00. The molecule has 1 aromatic rings. The predicted molar refractivity (Wildman–Crippen MR) is 47.7 cm³/mol. The van der Waals surface area contributed by atoms with Crippen LogP contribution in [0.5, 0.6) is 0 Å². The summed E-state index contributed by atoms with van der Waals surface area (Å²) in [5.41, 5.74) is 0.615. The van der Waals surface area contributed by atoms with Gasteiger partial charge in [0, 0.05) is 12.0 Å². The first-order chi connectivity index (χ1) is 6.63. The molecule has 74 valence electrons. The molecule has 0 aliphatic rings. The molecule has 0 aliphatic carbocycles. The minimum absolute atomic E-state index is 0.100. The summed E-state index contributed by atoms with van der Waals surface area (Å²) in [6, 6.07) is 3.89. The van der Waals surface area contributed by atoms with Gasteiger partial charge in [-0.3, -0.25) is 9.59 Å². The van der Waals surface area contributed by atoms with Crippen LogP contribution in [-0.4, -0.2) is 17.4 Å². The SMILES string of the molecule is O=Cc1ccc(F)c(CCC(=O)O)c1. The van der Waals surface area contributed by atoms with E-state index in [1.165, 1.54) is 18.2 Å². The molecule has 1 rings (SSSR count). The second kappa shape index (κ2) is 4.50. The number of aliphatic carboxylic acids is 1. The lowest BCUT2D eigenvalue weighted by molar-refractivity contribution is -0.136. The van der Waals surface area contributed by atoms with Crippen molar-refractivity contribution in [1.82, 2.24) is 0 Å². The monoisotopic (exact) mass is 196 g/mol. The van der Waals surface area contributed by atoms with Gasteiger partial charge < -0.3 is 5.11 Å². The molecule has 0 spiro atoms. The van der Waals surface area contributed by atoms with Gasteiger partial charge in [0.1, 0.15) is 12.1 Å². The van der Waals surface area contributed by atoms with Crippen molar-refractivity contribution >= 4 is 12.3 Å². The molecule has 14 heavy (non-hydrogen) atoms. The Balaban J connectivity index is 2.83. The molecule has 0 aliphatic heterocycles. The number of benzene rings is 1. The van der Waals surface area contributed by atoms with Crippen molar-refractivity contribution in [3.63, 3.8) is 0 Å². The first-order valence-electron chi connectivity index (χ1n) is 4.09. The third-order valence-electron chi connectivity index (χ3n) is 1.81. The van der Waals surface area contributed by atoms with Crippen LogP contribution in [0.25, 0.3) is 0 Å². The zero-order chi connectivity index (χ0) is 10.6. The second-order valence-corrected chi connectivity index (χ2v) is 2.86. The average molecular weight is 196 g/mol. The number of rotatable bonds is 4. The van der Waals surface area contributed by atoms with Crippen LogP contribution in [0.15, 0.2) is 18.2 Å². The molecule has 1 N–H and O–H groups in total. The van der Waals surface area contributed by atoms with E-state index in [9.17, 15) is 14.0 Å². The Kier molecular flexibility index (Phi) is 3.34. The van der Waals surface area contributed by atoms with E-state index in [4.69, 9.17) is 5.11 Å². The first-order valence-corrected chi connectivity index (χ1v) is 4.09. The van der Waals surface area contributed by atoms with Crippen molar-refractivity contribution < 1.29 is 19.1 Å². The minimum Gasteiger partial charge on any atom is -0.481 e. The number of aldehydes is 1. The number of carboxylic acids is 1. The largest absolute Gasteiger partial charge is 0.481 e. The maximum atomic E-state index is 13.0. The molecule has 0 saturated heterocycles. The molecule has 0 unspecified atom stereocenters. The number of hydrogen-bond acceptors (Lipinski definition) is 2. The van der Waals surface area contributed by atoms with Crippen LogP contribution in [0, 0.1) is 5.82 Å². The highest BCUT2D eigenvalue weighted by Gasteiger charge is 2.05. The molecule has 0 atom stereocenters. The summed E-state index contributed by atoms with van der Waals surface area (Å²) in [5.74, 6) is -1.46. The molecule has 4 heteroatoms. The second-order valence-electron chi connectivity index (χ2n) is 2.86. The van der Waals surface area contributed by atoms with Gasteiger partial charge in [-0.2, -0.15) is 0 Å². The molecule has 0 aromatic heterocycles. The number of carbonyl (C=O) groups excluding carboxylic acids is 1. The van der Waals surface area contributed by atoms with E-state index in [1.807, 2.05) is 0 Å². The highest BCUT2D eigenvalue weighted by molar-refractivity contribution is 5.75. The first kappa shape index (κ1) is 10.4. The summed E-state index contributed by atoms with van der Waals surface area (Å²) in [4.78, 5) is 20.6. The van der Waals surface area contributed by atoms with E-state index in [0.717, 1.165) is 0 Å². The van der Waals surface area contributed by atoms with E-state index in [2.05, 4.69) is 0 Å². The highest BCUT2D eigenvalue weighted by atomic mass is 19.1. The van der Waals surface area contributed by atoms with Crippen LogP contribution in [-0.2, 0) is 11.2 Å². The quantitative estimate of drug-likeness (QED) is 0.745. The van der Waals surface area contributed by atoms with Crippen LogP contribution >= 0.6 is 0 Å². The van der Waals surface area contributed by atoms with Crippen LogP contribution in [0.1, 0.15) is 22.3 Å². The van der Waals surface area contributed by atoms with Crippen LogP contribution in [0.3, 0.4) is 0 Å². The van der Waals surface area contributed by atoms with Crippen LogP contribution in [0.4, 0.5) is 4.39 Å². The standard InChI is InChI=1S/C10H9FO3/c11-9-3-1-7(6-12)5-8(9)2-4-10(13)14/h1,3,5-6H,2,4H2,(H,13,14). The van der Waals surface area contributed by atoms with E-state index >= 15 is 0 Å². The van der Waals surface area contributed by atoms with Crippen molar-refractivity contribution in [1.29, 1.82) is 0 Å². The van der Waals surface area contributed by atoms with Crippen molar-refractivity contribution in [2.45, 2.75) is 12.8 Å². The molecule has 0 saturated carbocycles. The lowest BCUT2D eigenvalue weighted by Gasteiger charge is -2.01. The van der Waals surface area contributed by atoms with E-state index in [0.29, 0.717) is 11.8 Å². The smallest absolute Gasteiger partial charge is 0.303 e. The summed E-state index contributed by atoms with van der Waals surface area (Å²) in [6.45, 7) is 0. The highest BCUT2D eigenvalue weighted by Crippen LogP contribution is 2.11. The molecule has 0 fully saturated rings. The topological polar surface area (TPSA) is 54.4 Å². The molecule has 3 nitrogen and oxygen atoms in total. The van der Waals surface area contributed by atoms with Crippen molar-refractivity contribution in [2.75, 3.05) is 0 Å². The van der Waals surface area contributed by atoms with E-state index in [1.54, 1.807) is 0 Å². The van der Waals surface area contributed by atoms with Gasteiger partial charge in [-0.05, 0) is 30.2 Å². The molecule has 0 radical (unpaired) electrons. The summed E-state index contributed by atoms with van der Waals surface area (Å²) < 4.78 is 13.0. The summed E-state index contributed by atoms with van der Waals surface area (Å²) >= 11 is 0. The fraction of sp³-hybridized carbons (Fsp3) is 0.200. The Labute approximate surface area is 80.2 Å². The fourth-order valence-electron chi connectivity index (χ4n) is 1.10. The normalized spacial score (nSPS) is 9.79. The van der Waals surface area contributed by atoms with Gasteiger partial charge in [0.25, 0.3) is 0 Å². The lowest BCUT2D eigenvalue weighted by atomic mass is 10.1. The molecule has 0 amide bonds. The summed E-state index contributed by atoms with van der Waals surface area (Å²) in [5, 5.41) is 8.40. The van der Waals surface area contributed by atoms with Crippen LogP contribution in [0.2, 0.25) is 0 Å². The number of carbonyl (C=O) groups is 2. The maximum Gasteiger partial charge on any atom is 0.303 e. The van der Waals surface area contributed by atoms with E-state index < -0.39 is 11.8 Å². The van der Waals surface area contributed by atoms with Crippen molar-refractivity contribution in [3.05, 3.63) is 35.1 Å². The fourth-order valence-corrected chi connectivity index (χ4v) is 1.10. The molecular weight excluding hydrogens is 187 g/mol. The molecule has 1 aromatic carbocycles. The van der Waals surface area contributed by atoms with Crippen LogP contribution < -0.4 is 0 Å². The van der Waals surface area contributed by atoms with Crippen molar-refractivity contribution in [3.8, 4) is 0 Å². The Morgan fingerprint density at radius 3 is 2.79 bits per heavy atom. The van der Waals surface area contributed by atoms with Gasteiger partial charge in [-0.25, -0.2) is 4.39 Å². The van der Waals surface area contributed by atoms with Gasteiger partial charge in [-0.1, -0.05) is 0 Å². The summed E-state index contributed by atoms with van der Waals surface area (Å²) in [6.07, 6.45) is 0.561. The van der Waals surface area contributed by atoms with Gasteiger partial charge in [0.15, 0.2) is 0 Å². The average Bonchev–Trinajstić information content (AvgIpc) is 2.16. The molecular formula is C10H9FO3. The predicted octanol–water partition coefficient (Wildman–Crippen LogP) is 1.66. The third-order valence-corrected chi connectivity index (χ3v) is 1.81. The maximum absolute atomic E-state index is 13.0. The number of aryl methyl sites for hydroxylation is 1. The number of halogens is 1. The Morgan fingerprint density at radius 2 is 2.21 bits per heavy atom.